The molecule has 0 radical (unpaired) electrons. The predicted molar refractivity (Wildman–Crippen MR) is 127 cm³/mol. The van der Waals surface area contributed by atoms with E-state index in [1.54, 1.807) is 0 Å². The van der Waals surface area contributed by atoms with E-state index in [-0.39, 0.29) is 50.8 Å². The first-order valence-corrected chi connectivity index (χ1v) is 10.7. The molecule has 5 aromatic rings. The van der Waals surface area contributed by atoms with Gasteiger partial charge in [0.25, 0.3) is 0 Å². The number of hydrogen-bond donors (Lipinski definition) is 4. The number of carbonyl (C=O) groups is 2. The number of rotatable bonds is 6. The number of nitrogens with zero attached hydrogens (tertiary/aromatic N) is 8. The normalized spacial score (nSPS) is 10.7. The number of carboxylic acids is 2. The number of nitriles is 1. The van der Waals surface area contributed by atoms with Crippen molar-refractivity contribution in [2.24, 2.45) is 0 Å². The molecule has 0 saturated carbocycles. The van der Waals surface area contributed by atoms with Gasteiger partial charge in [-0.3, -0.25) is 0 Å². The molecule has 14 heteroatoms. The van der Waals surface area contributed by atoms with Crippen LogP contribution in [-0.4, -0.2) is 67.3 Å². The van der Waals surface area contributed by atoms with Gasteiger partial charge in [0.15, 0.2) is 11.5 Å². The molecule has 0 bridgehead atoms. The zero-order chi connectivity index (χ0) is 27.0. The first-order valence-electron chi connectivity index (χ1n) is 10.7. The Labute approximate surface area is 211 Å². The van der Waals surface area contributed by atoms with Crippen LogP contribution < -0.4 is 0 Å². The van der Waals surface area contributed by atoms with Gasteiger partial charge in [-0.15, -0.1) is 10.2 Å². The van der Waals surface area contributed by atoms with Crippen molar-refractivity contribution in [2.75, 3.05) is 0 Å². The second kappa shape index (κ2) is 9.17. The average Bonchev–Trinajstić information content (AvgIpc) is 3.59. The Kier molecular flexibility index (Phi) is 5.70. The lowest BCUT2D eigenvalue weighted by atomic mass is 10.1. The van der Waals surface area contributed by atoms with Crippen molar-refractivity contribution in [1.29, 1.82) is 5.26 Å². The maximum Gasteiger partial charge on any atom is 0.339 e. The highest BCUT2D eigenvalue weighted by atomic mass is 16.4. The van der Waals surface area contributed by atoms with Crippen LogP contribution in [0.5, 0.6) is 11.5 Å². The number of aromatic nitrogens is 7. The van der Waals surface area contributed by atoms with Crippen molar-refractivity contribution in [1.82, 2.24) is 35.0 Å². The van der Waals surface area contributed by atoms with E-state index in [0.29, 0.717) is 0 Å². The fraction of sp³-hybridized carbons (Fsp3) is 0. The van der Waals surface area contributed by atoms with Crippen LogP contribution in [-0.2, 0) is 0 Å². The Morgan fingerprint density at radius 3 is 1.79 bits per heavy atom. The topological polar surface area (TPSA) is 213 Å². The van der Waals surface area contributed by atoms with Gasteiger partial charge in [0.1, 0.15) is 45.7 Å². The summed E-state index contributed by atoms with van der Waals surface area (Å²) in [6.07, 6.45) is 2.80. The van der Waals surface area contributed by atoms with Crippen LogP contribution in [0.2, 0.25) is 0 Å². The standard InChI is InChI=1S/C24H14N8O6/c25-9-12-7-8-15(16-10-31(29-27-16)18-5-1-3-13(21(18)33)23(35)36)26-20(12)17-11-32(30-28-17)19-6-2-4-14(22(19)34)24(37)38/h1-8,10-11,33-34H,(H,35,36)(H,37,38). The molecule has 0 aliphatic heterocycles. The third-order valence-electron chi connectivity index (χ3n) is 5.49. The third kappa shape index (κ3) is 4.01. The molecule has 0 fully saturated rings. The smallest absolute Gasteiger partial charge is 0.339 e. The third-order valence-corrected chi connectivity index (χ3v) is 5.49. The number of phenols is 2. The van der Waals surface area contributed by atoms with Crippen molar-refractivity contribution in [3.63, 3.8) is 0 Å². The molecule has 5 rings (SSSR count). The molecule has 0 spiro atoms. The van der Waals surface area contributed by atoms with E-state index < -0.39 is 23.4 Å². The fourth-order valence-corrected chi connectivity index (χ4v) is 3.65. The lowest BCUT2D eigenvalue weighted by Gasteiger charge is -2.06. The van der Waals surface area contributed by atoms with Crippen molar-refractivity contribution >= 4 is 11.9 Å². The molecule has 0 aliphatic carbocycles. The highest BCUT2D eigenvalue weighted by Gasteiger charge is 2.20. The van der Waals surface area contributed by atoms with Gasteiger partial charge in [-0.1, -0.05) is 22.6 Å². The molecule has 3 heterocycles. The van der Waals surface area contributed by atoms with Gasteiger partial charge < -0.3 is 20.4 Å². The number of aromatic hydroxyl groups is 2. The molecule has 14 nitrogen and oxygen atoms in total. The zero-order valence-corrected chi connectivity index (χ0v) is 19.0. The van der Waals surface area contributed by atoms with Crippen LogP contribution in [0.1, 0.15) is 26.3 Å². The molecule has 2 aromatic carbocycles. The van der Waals surface area contributed by atoms with Gasteiger partial charge in [-0.05, 0) is 36.4 Å². The van der Waals surface area contributed by atoms with Gasteiger partial charge >= 0.3 is 11.9 Å². The molecule has 4 N–H and O–H groups in total. The number of pyridine rings is 1. The Morgan fingerprint density at radius 1 is 0.737 bits per heavy atom. The van der Waals surface area contributed by atoms with Crippen LogP contribution in [0.3, 0.4) is 0 Å². The summed E-state index contributed by atoms with van der Waals surface area (Å²) in [5.74, 6) is -3.62. The maximum absolute atomic E-state index is 11.3. The Morgan fingerprint density at radius 2 is 1.26 bits per heavy atom. The molecular weight excluding hydrogens is 496 g/mol. The predicted octanol–water partition coefficient (Wildman–Crippen LogP) is 2.26. The van der Waals surface area contributed by atoms with Crippen LogP contribution >= 0.6 is 0 Å². The summed E-state index contributed by atoms with van der Waals surface area (Å²) >= 11 is 0. The first-order chi connectivity index (χ1) is 18.3. The van der Waals surface area contributed by atoms with E-state index in [1.807, 2.05) is 6.07 Å². The van der Waals surface area contributed by atoms with Crippen molar-refractivity contribution in [3.8, 4) is 51.7 Å². The zero-order valence-electron chi connectivity index (χ0n) is 19.0. The second-order valence-corrected chi connectivity index (χ2v) is 7.76. The summed E-state index contributed by atoms with van der Waals surface area (Å²) in [4.78, 5) is 27.1. The quantitative estimate of drug-likeness (QED) is 0.259. The minimum Gasteiger partial charge on any atom is -0.505 e. The van der Waals surface area contributed by atoms with E-state index >= 15 is 0 Å². The molecule has 3 aromatic heterocycles. The Hall–Kier alpha value is -6.10. The number of hydrogen-bond acceptors (Lipinski definition) is 10. The average molecular weight is 510 g/mol. The van der Waals surface area contributed by atoms with Gasteiger partial charge in [-0.2, -0.15) is 5.26 Å². The van der Waals surface area contributed by atoms with Gasteiger partial charge in [-0.25, -0.2) is 23.9 Å². The van der Waals surface area contributed by atoms with Gasteiger partial charge in [0.05, 0.1) is 23.7 Å². The van der Waals surface area contributed by atoms with Crippen molar-refractivity contribution in [2.45, 2.75) is 0 Å². The van der Waals surface area contributed by atoms with Crippen molar-refractivity contribution < 1.29 is 30.0 Å². The fourth-order valence-electron chi connectivity index (χ4n) is 3.65. The summed E-state index contributed by atoms with van der Waals surface area (Å²) in [6.45, 7) is 0. The molecule has 0 aliphatic rings. The largest absolute Gasteiger partial charge is 0.505 e. The number of benzene rings is 2. The SMILES string of the molecule is N#Cc1ccc(-c2cn(-c3cccc(C(=O)O)c3O)nn2)nc1-c1cn(-c2cccc(C(=O)O)c2O)nn1. The molecular formula is C24H14N8O6. The Balaban J connectivity index is 1.54. The maximum atomic E-state index is 11.3. The summed E-state index contributed by atoms with van der Waals surface area (Å²) in [6, 6.07) is 13.3. The lowest BCUT2D eigenvalue weighted by Crippen LogP contribution is -2.02. The first kappa shape index (κ1) is 23.6. The van der Waals surface area contributed by atoms with E-state index in [2.05, 4.69) is 25.6 Å². The minimum absolute atomic E-state index is 0.0599. The number of aromatic carboxylic acids is 2. The summed E-state index contributed by atoms with van der Waals surface area (Å²) in [7, 11) is 0. The van der Waals surface area contributed by atoms with Gasteiger partial charge in [0.2, 0.25) is 0 Å². The van der Waals surface area contributed by atoms with Crippen LogP contribution in [0, 0.1) is 11.3 Å². The van der Waals surface area contributed by atoms with Gasteiger partial charge in [0, 0.05) is 0 Å². The summed E-state index contributed by atoms with van der Waals surface area (Å²) in [5, 5.41) is 64.7. The summed E-state index contributed by atoms with van der Waals surface area (Å²) in [5.41, 5.74) is 0.497. The monoisotopic (exact) mass is 510 g/mol. The molecule has 0 unspecified atom stereocenters. The van der Waals surface area contributed by atoms with E-state index in [4.69, 9.17) is 0 Å². The second-order valence-electron chi connectivity index (χ2n) is 7.76. The van der Waals surface area contributed by atoms with E-state index in [0.717, 1.165) is 4.68 Å². The van der Waals surface area contributed by atoms with E-state index in [1.165, 1.54) is 65.6 Å². The highest BCUT2D eigenvalue weighted by molar-refractivity contribution is 5.92. The van der Waals surface area contributed by atoms with Crippen LogP contribution in [0.4, 0.5) is 0 Å². The Bertz CT molecular complexity index is 1780. The van der Waals surface area contributed by atoms with Crippen molar-refractivity contribution in [3.05, 3.63) is 77.6 Å². The minimum atomic E-state index is -1.32. The van der Waals surface area contributed by atoms with Crippen LogP contribution in [0.15, 0.2) is 60.9 Å². The number of para-hydroxylation sites is 2. The van der Waals surface area contributed by atoms with E-state index in [9.17, 15) is 35.3 Å². The lowest BCUT2D eigenvalue weighted by molar-refractivity contribution is 0.0682. The molecule has 0 amide bonds. The highest BCUT2D eigenvalue weighted by Crippen LogP contribution is 2.30. The molecule has 186 valence electrons. The molecule has 0 atom stereocenters. The summed E-state index contributed by atoms with van der Waals surface area (Å²) < 4.78 is 2.34. The molecule has 0 saturated heterocycles. The molecule has 38 heavy (non-hydrogen) atoms. The number of carboxylic acid groups (broad SMARTS) is 2. The van der Waals surface area contributed by atoms with Crippen LogP contribution in [0.25, 0.3) is 34.2 Å².